The van der Waals surface area contributed by atoms with Crippen molar-refractivity contribution in [3.63, 3.8) is 0 Å². The molecule has 1 aromatic carbocycles. The van der Waals surface area contributed by atoms with Gasteiger partial charge in [0.05, 0.1) is 7.11 Å². The molecule has 0 spiro atoms. The van der Waals surface area contributed by atoms with Crippen molar-refractivity contribution in [2.75, 3.05) is 7.11 Å². The molecule has 0 atom stereocenters. The summed E-state index contributed by atoms with van der Waals surface area (Å²) in [6.07, 6.45) is 5.01. The fourth-order valence-corrected chi connectivity index (χ4v) is 2.47. The highest BCUT2D eigenvalue weighted by molar-refractivity contribution is 5.29. The van der Waals surface area contributed by atoms with Gasteiger partial charge < -0.3 is 10.1 Å². The zero-order chi connectivity index (χ0) is 12.3. The topological polar surface area (TPSA) is 21.3 Å². The van der Waals surface area contributed by atoms with E-state index in [2.05, 4.69) is 12.2 Å². The highest BCUT2D eigenvalue weighted by atomic mass is 19.1. The van der Waals surface area contributed by atoms with E-state index in [-0.39, 0.29) is 11.4 Å². The molecule has 0 amide bonds. The largest absolute Gasteiger partial charge is 0.494 e. The average Bonchev–Trinajstić information content (AvgIpc) is 2.74. The number of nitrogens with one attached hydrogen (secondary N) is 1. The van der Waals surface area contributed by atoms with Gasteiger partial charge in [-0.25, -0.2) is 4.39 Å². The average molecular weight is 237 g/mol. The van der Waals surface area contributed by atoms with Gasteiger partial charge in [0.15, 0.2) is 11.6 Å². The predicted molar refractivity (Wildman–Crippen MR) is 66.7 cm³/mol. The van der Waals surface area contributed by atoms with Crippen LogP contribution in [0.2, 0.25) is 0 Å². The van der Waals surface area contributed by atoms with Crippen LogP contribution < -0.4 is 10.1 Å². The molecule has 2 nitrogen and oxygen atoms in total. The van der Waals surface area contributed by atoms with Crippen LogP contribution in [0.25, 0.3) is 0 Å². The molecule has 1 aliphatic rings. The first-order valence-corrected chi connectivity index (χ1v) is 6.20. The van der Waals surface area contributed by atoms with Gasteiger partial charge in [-0.05, 0) is 37.5 Å². The molecule has 0 radical (unpaired) electrons. The molecule has 0 aromatic heterocycles. The van der Waals surface area contributed by atoms with E-state index in [0.717, 1.165) is 12.1 Å². The lowest BCUT2D eigenvalue weighted by molar-refractivity contribution is 0.361. The summed E-state index contributed by atoms with van der Waals surface area (Å²) in [5.74, 6) is 0.0178. The van der Waals surface area contributed by atoms with Gasteiger partial charge >= 0.3 is 0 Å². The van der Waals surface area contributed by atoms with Crippen LogP contribution >= 0.6 is 0 Å². The first kappa shape index (κ1) is 12.4. The second-order valence-electron chi connectivity index (χ2n) is 5.09. The van der Waals surface area contributed by atoms with Crippen LogP contribution in [0.1, 0.15) is 38.2 Å². The van der Waals surface area contributed by atoms with Crippen LogP contribution in [0, 0.1) is 5.82 Å². The number of benzene rings is 1. The van der Waals surface area contributed by atoms with Crippen molar-refractivity contribution in [1.82, 2.24) is 5.32 Å². The third kappa shape index (κ3) is 2.97. The Morgan fingerprint density at radius 1 is 1.35 bits per heavy atom. The van der Waals surface area contributed by atoms with Crippen LogP contribution in [-0.2, 0) is 6.54 Å². The van der Waals surface area contributed by atoms with E-state index >= 15 is 0 Å². The van der Waals surface area contributed by atoms with E-state index < -0.39 is 0 Å². The fourth-order valence-electron chi connectivity index (χ4n) is 2.47. The van der Waals surface area contributed by atoms with Gasteiger partial charge in [-0.3, -0.25) is 0 Å². The van der Waals surface area contributed by atoms with Gasteiger partial charge in [-0.15, -0.1) is 0 Å². The second-order valence-corrected chi connectivity index (χ2v) is 5.09. The molecule has 0 saturated heterocycles. The van der Waals surface area contributed by atoms with Crippen molar-refractivity contribution in [3.8, 4) is 5.75 Å². The number of ether oxygens (including phenoxy) is 1. The smallest absolute Gasteiger partial charge is 0.165 e. The minimum Gasteiger partial charge on any atom is -0.494 e. The third-order valence-electron chi connectivity index (χ3n) is 3.64. The van der Waals surface area contributed by atoms with Crippen molar-refractivity contribution in [1.29, 1.82) is 0 Å². The monoisotopic (exact) mass is 237 g/mol. The Morgan fingerprint density at radius 3 is 2.65 bits per heavy atom. The van der Waals surface area contributed by atoms with Crippen LogP contribution in [-0.4, -0.2) is 12.6 Å². The minimum absolute atomic E-state index is 0.233. The number of halogens is 1. The molecule has 0 bridgehead atoms. The number of rotatable bonds is 4. The molecule has 1 N–H and O–H groups in total. The molecule has 0 heterocycles. The van der Waals surface area contributed by atoms with Gasteiger partial charge in [0.2, 0.25) is 0 Å². The molecular formula is C14H20FNO. The summed E-state index contributed by atoms with van der Waals surface area (Å²) >= 11 is 0. The maximum absolute atomic E-state index is 13.5. The Kier molecular flexibility index (Phi) is 3.67. The maximum atomic E-state index is 13.5. The summed E-state index contributed by atoms with van der Waals surface area (Å²) in [5.41, 5.74) is 1.20. The number of hydrogen-bond acceptors (Lipinski definition) is 2. The van der Waals surface area contributed by atoms with Crippen molar-refractivity contribution in [3.05, 3.63) is 29.6 Å². The zero-order valence-corrected chi connectivity index (χ0v) is 10.6. The molecule has 94 valence electrons. The minimum atomic E-state index is -0.289. The highest BCUT2D eigenvalue weighted by Crippen LogP contribution is 2.29. The predicted octanol–water partition coefficient (Wildman–Crippen LogP) is 3.26. The van der Waals surface area contributed by atoms with Gasteiger partial charge in [0.25, 0.3) is 0 Å². The van der Waals surface area contributed by atoms with E-state index in [4.69, 9.17) is 4.74 Å². The molecule has 2 rings (SSSR count). The Balaban J connectivity index is 1.97. The molecule has 0 unspecified atom stereocenters. The SMILES string of the molecule is COc1ccc(CNC2(C)CCCC2)cc1F. The molecule has 3 heteroatoms. The lowest BCUT2D eigenvalue weighted by Crippen LogP contribution is -2.38. The first-order valence-electron chi connectivity index (χ1n) is 6.20. The second kappa shape index (κ2) is 5.05. The molecule has 17 heavy (non-hydrogen) atoms. The number of hydrogen-bond donors (Lipinski definition) is 1. The van der Waals surface area contributed by atoms with E-state index in [0.29, 0.717) is 5.75 Å². The highest BCUT2D eigenvalue weighted by Gasteiger charge is 2.27. The van der Waals surface area contributed by atoms with Crippen LogP contribution in [0.15, 0.2) is 18.2 Å². The lowest BCUT2D eigenvalue weighted by atomic mass is 10.0. The van der Waals surface area contributed by atoms with Crippen molar-refractivity contribution >= 4 is 0 Å². The van der Waals surface area contributed by atoms with E-state index in [1.165, 1.54) is 32.8 Å². The van der Waals surface area contributed by atoms with Crippen LogP contribution in [0.3, 0.4) is 0 Å². The summed E-state index contributed by atoms with van der Waals surface area (Å²) < 4.78 is 18.4. The summed E-state index contributed by atoms with van der Waals surface area (Å²) in [7, 11) is 1.48. The summed E-state index contributed by atoms with van der Waals surface area (Å²) in [6.45, 7) is 2.97. The van der Waals surface area contributed by atoms with Crippen molar-refractivity contribution in [2.24, 2.45) is 0 Å². The summed E-state index contributed by atoms with van der Waals surface area (Å²) in [4.78, 5) is 0. The van der Waals surface area contributed by atoms with E-state index in [1.807, 2.05) is 6.07 Å². The molecule has 1 fully saturated rings. The quantitative estimate of drug-likeness (QED) is 0.868. The third-order valence-corrected chi connectivity index (χ3v) is 3.64. The Labute approximate surface area is 102 Å². The maximum Gasteiger partial charge on any atom is 0.165 e. The zero-order valence-electron chi connectivity index (χ0n) is 10.6. The molecule has 0 aliphatic heterocycles. The fraction of sp³-hybridized carbons (Fsp3) is 0.571. The van der Waals surface area contributed by atoms with Gasteiger partial charge in [0.1, 0.15) is 0 Å². The normalized spacial score (nSPS) is 18.3. The molecule has 1 aliphatic carbocycles. The van der Waals surface area contributed by atoms with Crippen LogP contribution in [0.4, 0.5) is 4.39 Å². The number of methoxy groups -OCH3 is 1. The van der Waals surface area contributed by atoms with Crippen molar-refractivity contribution in [2.45, 2.75) is 44.7 Å². The summed E-state index contributed by atoms with van der Waals surface area (Å²) in [6, 6.07) is 5.14. The van der Waals surface area contributed by atoms with Gasteiger partial charge in [-0.2, -0.15) is 0 Å². The Morgan fingerprint density at radius 2 is 2.06 bits per heavy atom. The Hall–Kier alpha value is -1.09. The standard InChI is InChI=1S/C14H20FNO/c1-14(7-3-4-8-14)16-10-11-5-6-13(17-2)12(15)9-11/h5-6,9,16H,3-4,7-8,10H2,1-2H3. The van der Waals surface area contributed by atoms with Gasteiger partial charge in [-0.1, -0.05) is 18.9 Å². The van der Waals surface area contributed by atoms with E-state index in [1.54, 1.807) is 12.1 Å². The van der Waals surface area contributed by atoms with Crippen molar-refractivity contribution < 1.29 is 9.13 Å². The van der Waals surface area contributed by atoms with Crippen LogP contribution in [0.5, 0.6) is 5.75 Å². The molecule has 1 aromatic rings. The van der Waals surface area contributed by atoms with E-state index in [9.17, 15) is 4.39 Å². The lowest BCUT2D eigenvalue weighted by Gasteiger charge is -2.25. The molecular weight excluding hydrogens is 217 g/mol. The summed E-state index contributed by atoms with van der Waals surface area (Å²) in [5, 5.41) is 3.53. The Bertz CT molecular complexity index is 386. The van der Waals surface area contributed by atoms with Gasteiger partial charge in [0, 0.05) is 12.1 Å². The first-order chi connectivity index (χ1) is 8.13. The molecule has 1 saturated carbocycles.